The van der Waals surface area contributed by atoms with Gasteiger partial charge in [0.2, 0.25) is 12.2 Å². The van der Waals surface area contributed by atoms with E-state index in [4.69, 9.17) is 9.47 Å². The average molecular weight is 900 g/mol. The van der Waals surface area contributed by atoms with Crippen molar-refractivity contribution in [3.8, 4) is 0 Å². The maximum atomic E-state index is 12.5. The first-order valence-electron chi connectivity index (χ1n) is 16.0. The maximum absolute atomic E-state index is 12.5. The number of rotatable bonds is 10. The molecule has 51 heavy (non-hydrogen) atoms. The van der Waals surface area contributed by atoms with Crippen LogP contribution in [0.25, 0.3) is 10.6 Å². The molecule has 1 N–H and O–H groups in total. The summed E-state index contributed by atoms with van der Waals surface area (Å²) < 4.78 is 10.8. The number of carbonyl (C=O) groups is 5. The molecule has 2 heterocycles. The number of aliphatic hydroxyl groups excluding tert-OH is 1. The van der Waals surface area contributed by atoms with Gasteiger partial charge in [-0.25, -0.2) is 0 Å². The van der Waals surface area contributed by atoms with Gasteiger partial charge >= 0.3 is 68.5 Å². The number of ether oxygens (including phenoxy) is 2. The van der Waals surface area contributed by atoms with Gasteiger partial charge in [0.1, 0.15) is 18.7 Å². The number of ketones is 1. The first-order chi connectivity index (χ1) is 20.7. The second kappa shape index (κ2) is 22.6. The number of hydrogen-bond acceptors (Lipinski definition) is 8. The molecule has 289 valence electrons. The molecule has 7 atom stereocenters. The molecule has 2 amide bonds. The molecule has 0 bridgehead atoms. The summed E-state index contributed by atoms with van der Waals surface area (Å²) in [7, 11) is 0. The molecular formula is C37H63BN2NaO8Ru2. The molecule has 10 nitrogen and oxygen atoms in total. The van der Waals surface area contributed by atoms with Gasteiger partial charge in [0.15, 0.2) is 5.78 Å². The quantitative estimate of drug-likeness (QED) is 0.135. The normalized spacial score (nSPS) is 24.8. The fraction of sp³-hybridized carbons (Fsp3) is 0.757. The summed E-state index contributed by atoms with van der Waals surface area (Å²) in [5, 5.41) is 18.7. The minimum absolute atomic E-state index is 0. The van der Waals surface area contributed by atoms with E-state index >= 15 is 0 Å². The monoisotopic (exact) mass is 901 g/mol. The van der Waals surface area contributed by atoms with E-state index in [1.54, 1.807) is 13.0 Å². The zero-order chi connectivity index (χ0) is 36.1. The van der Waals surface area contributed by atoms with E-state index < -0.39 is 58.3 Å². The molecule has 0 aliphatic carbocycles. The SMILES string of the molecule is C.C[C@@H](C(=O)/C=C/C(C)(C)C)C1OC(=O)[N-]C1(CC=O)C(C)(C)C.C[C@@H](C(O)/C=C/C(C)(C)C)C1OC(=O)[N-]C1(CC=O)C(C)(C)C.[B].[H-].[Na+].[Ru+].[Ru+]. The van der Waals surface area contributed by atoms with Gasteiger partial charge in [-0.1, -0.05) is 134 Å². The molecule has 5 radical (unpaired) electrons. The molecule has 0 aromatic rings. The minimum Gasteiger partial charge on any atom is -1.00 e. The summed E-state index contributed by atoms with van der Waals surface area (Å²) in [6.45, 7) is 27.1. The van der Waals surface area contributed by atoms with Gasteiger partial charge in [0.25, 0.3) is 0 Å². The van der Waals surface area contributed by atoms with Crippen LogP contribution in [0.2, 0.25) is 0 Å². The van der Waals surface area contributed by atoms with E-state index in [1.165, 1.54) is 6.08 Å². The van der Waals surface area contributed by atoms with Crippen molar-refractivity contribution >= 4 is 39.0 Å². The number of cyclic esters (lactones) is 2. The Hall–Kier alpha value is -0.698. The standard InChI is InChI=1S/C18H31NO4.C18H29NO4.CH4.B.Na.2Ru.H/c2*1-12(13(21)8-9-16(2,3)4)14-18(10-11-20,17(5,6)7)19-15(22)23-14;;;;;;/h8-9,11-14,21H,10H2,1-7H3,(H,19,22);8-9,11-12,14H,10H2,1-7H3,(H,19,22);1H4;;;;;/q;;;;3*+1;-1/p-2/b2*9-8+;;;;;;/t12-,13?,14?,18?;12-,14?,18?;;;;;;/m00....../s1. The molecule has 2 aliphatic heterocycles. The summed E-state index contributed by atoms with van der Waals surface area (Å²) in [4.78, 5) is 58.5. The van der Waals surface area contributed by atoms with Crippen molar-refractivity contribution in [1.82, 2.24) is 0 Å². The Kier molecular flexibility index (Phi) is 26.4. The summed E-state index contributed by atoms with van der Waals surface area (Å²) in [6.07, 6.45) is 5.15. The third kappa shape index (κ3) is 15.9. The van der Waals surface area contributed by atoms with E-state index in [-0.39, 0.29) is 121 Å². The maximum Gasteiger partial charge on any atom is 1.00 e. The van der Waals surface area contributed by atoms with E-state index in [2.05, 4.69) is 10.6 Å². The molecule has 0 aromatic heterocycles. The van der Waals surface area contributed by atoms with E-state index in [1.807, 2.05) is 102 Å². The van der Waals surface area contributed by atoms with Crippen LogP contribution in [-0.4, -0.2) is 73.5 Å². The van der Waals surface area contributed by atoms with Crippen LogP contribution in [0.15, 0.2) is 24.3 Å². The average Bonchev–Trinajstić information content (AvgIpc) is 3.42. The molecule has 14 heteroatoms. The Morgan fingerprint density at radius 1 is 0.784 bits per heavy atom. The summed E-state index contributed by atoms with van der Waals surface area (Å²) in [5.41, 5.74) is -3.09. The molecule has 0 saturated carbocycles. The fourth-order valence-electron chi connectivity index (χ4n) is 5.73. The Bertz CT molecular complexity index is 1200. The Balaban J connectivity index is -0.000000182. The topological polar surface area (TPSA) is 152 Å². The van der Waals surface area contributed by atoms with Crippen LogP contribution in [0.1, 0.15) is 119 Å². The number of hydrogen-bond donors (Lipinski definition) is 1. The van der Waals surface area contributed by atoms with Gasteiger partial charge in [-0.15, -0.1) is 0 Å². The smallest absolute Gasteiger partial charge is 1.00 e. The number of allylic oxidation sites excluding steroid dienone is 3. The van der Waals surface area contributed by atoms with Gasteiger partial charge in [-0.05, 0) is 40.6 Å². The molecule has 2 aliphatic rings. The molecule has 0 aromatic carbocycles. The van der Waals surface area contributed by atoms with Gasteiger partial charge in [0, 0.05) is 14.3 Å². The number of nitrogens with zero attached hydrogens (tertiary/aromatic N) is 2. The third-order valence-electron chi connectivity index (χ3n) is 8.83. The van der Waals surface area contributed by atoms with Crippen molar-refractivity contribution in [2.24, 2.45) is 33.5 Å². The Labute approximate surface area is 359 Å². The first kappa shape index (κ1) is 59.6. The zero-order valence-electron chi connectivity index (χ0n) is 33.7. The van der Waals surface area contributed by atoms with Gasteiger partial charge in [0.05, 0.1) is 18.1 Å². The van der Waals surface area contributed by atoms with Crippen LogP contribution >= 0.6 is 0 Å². The van der Waals surface area contributed by atoms with Crippen molar-refractivity contribution in [2.75, 3.05) is 0 Å². The van der Waals surface area contributed by atoms with E-state index in [0.717, 1.165) is 12.6 Å². The molecular weight excluding hydrogens is 836 g/mol. The predicted octanol–water partition coefficient (Wildman–Crippen LogP) is 5.28. The molecule has 5 unspecified atom stereocenters. The van der Waals surface area contributed by atoms with Crippen molar-refractivity contribution in [1.29, 1.82) is 0 Å². The van der Waals surface area contributed by atoms with Crippen LogP contribution < -0.4 is 29.6 Å². The Morgan fingerprint density at radius 2 is 1.14 bits per heavy atom. The van der Waals surface area contributed by atoms with Crippen molar-refractivity contribution in [2.45, 2.75) is 147 Å². The second-order valence-electron chi connectivity index (χ2n) is 16.9. The van der Waals surface area contributed by atoms with Gasteiger partial charge < -0.3 is 36.2 Å². The minimum atomic E-state index is -1.02. The van der Waals surface area contributed by atoms with E-state index in [0.29, 0.717) is 0 Å². The number of amides is 2. The predicted molar refractivity (Wildman–Crippen MR) is 193 cm³/mol. The molecule has 2 rings (SSSR count). The fourth-order valence-corrected chi connectivity index (χ4v) is 5.73. The zero-order valence-corrected chi connectivity index (χ0v) is 38.2. The number of aldehydes is 2. The Morgan fingerprint density at radius 3 is 1.47 bits per heavy atom. The summed E-state index contributed by atoms with van der Waals surface area (Å²) >= 11 is 0. The molecule has 0 spiro atoms. The third-order valence-corrected chi connectivity index (χ3v) is 8.83. The van der Waals surface area contributed by atoms with Gasteiger partial charge in [-0.3, -0.25) is 14.4 Å². The van der Waals surface area contributed by atoms with Crippen LogP contribution in [0, 0.1) is 33.5 Å². The molecule has 2 fully saturated rings. The van der Waals surface area contributed by atoms with Crippen molar-refractivity contribution in [3.63, 3.8) is 0 Å². The van der Waals surface area contributed by atoms with Crippen LogP contribution in [-0.2, 0) is 62.8 Å². The number of carbonyl (C=O) groups excluding carboxylic acids is 5. The van der Waals surface area contributed by atoms with E-state index in [9.17, 15) is 29.1 Å². The molecule has 2 saturated heterocycles. The van der Waals surface area contributed by atoms with Gasteiger partial charge in [-0.2, -0.15) is 0 Å². The summed E-state index contributed by atoms with van der Waals surface area (Å²) in [5.74, 6) is -1.07. The number of aliphatic hydroxyl groups is 1. The largest absolute Gasteiger partial charge is 1.00 e. The second-order valence-corrected chi connectivity index (χ2v) is 16.9. The first-order valence-corrected chi connectivity index (χ1v) is 16.0. The van der Waals surface area contributed by atoms with Crippen LogP contribution in [0.5, 0.6) is 0 Å². The van der Waals surface area contributed by atoms with Crippen molar-refractivity contribution < 1.29 is 108 Å². The van der Waals surface area contributed by atoms with Crippen LogP contribution in [0.4, 0.5) is 9.59 Å². The van der Waals surface area contributed by atoms with Crippen molar-refractivity contribution in [3.05, 3.63) is 34.9 Å². The van der Waals surface area contributed by atoms with Crippen LogP contribution in [0.3, 0.4) is 0 Å². The summed E-state index contributed by atoms with van der Waals surface area (Å²) in [6, 6.07) is 0.